The molecule has 0 spiro atoms. The number of aromatic hydroxyl groups is 1. The summed E-state index contributed by atoms with van der Waals surface area (Å²) in [6.07, 6.45) is 3.86. The monoisotopic (exact) mass is 422 g/mol. The Morgan fingerprint density at radius 2 is 1.87 bits per heavy atom. The number of rotatable bonds is 10. The fourth-order valence-corrected chi connectivity index (χ4v) is 3.21. The van der Waals surface area contributed by atoms with E-state index in [9.17, 15) is 10.2 Å². The maximum absolute atomic E-state index is 10.4. The highest BCUT2D eigenvalue weighted by molar-refractivity contribution is 5.70. The van der Waals surface area contributed by atoms with Crippen molar-refractivity contribution in [2.45, 2.75) is 38.8 Å². The normalized spacial score (nSPS) is 12.9. The summed E-state index contributed by atoms with van der Waals surface area (Å²) in [5.41, 5.74) is 2.62. The van der Waals surface area contributed by atoms with Gasteiger partial charge >= 0.3 is 0 Å². The SMILES string of the molecule is Cc1cc(/C=C\c2ccccc2OCC(O)CNC(C)(C)Cc2ccc(O)cc2)on1. The second kappa shape index (κ2) is 10.3. The van der Waals surface area contributed by atoms with Crippen molar-refractivity contribution in [3.63, 3.8) is 0 Å². The van der Waals surface area contributed by atoms with Crippen molar-refractivity contribution in [1.82, 2.24) is 10.5 Å². The molecule has 0 aliphatic carbocycles. The number of β-amino-alcohol motifs (C(OH)–C–C–N with tert-alkyl or cyclic N) is 1. The maximum Gasteiger partial charge on any atom is 0.159 e. The quantitative estimate of drug-likeness (QED) is 0.454. The molecule has 3 aromatic rings. The fourth-order valence-electron chi connectivity index (χ4n) is 3.21. The molecule has 0 saturated heterocycles. The van der Waals surface area contributed by atoms with E-state index >= 15 is 0 Å². The molecule has 1 atom stereocenters. The molecule has 0 aliphatic rings. The van der Waals surface area contributed by atoms with E-state index in [1.807, 2.05) is 61.5 Å². The Morgan fingerprint density at radius 3 is 2.58 bits per heavy atom. The number of phenolic OH excluding ortho intramolecular Hbond substituents is 1. The van der Waals surface area contributed by atoms with Gasteiger partial charge in [0.05, 0.1) is 5.69 Å². The van der Waals surface area contributed by atoms with Gasteiger partial charge < -0.3 is 24.8 Å². The first-order chi connectivity index (χ1) is 14.8. The van der Waals surface area contributed by atoms with E-state index < -0.39 is 6.10 Å². The second-order valence-corrected chi connectivity index (χ2v) is 8.31. The zero-order valence-corrected chi connectivity index (χ0v) is 18.2. The zero-order valence-electron chi connectivity index (χ0n) is 18.2. The second-order valence-electron chi connectivity index (χ2n) is 8.31. The number of hydrogen-bond acceptors (Lipinski definition) is 6. The van der Waals surface area contributed by atoms with Crippen LogP contribution in [0, 0.1) is 6.92 Å². The molecule has 2 aromatic carbocycles. The highest BCUT2D eigenvalue weighted by atomic mass is 16.5. The molecule has 6 heteroatoms. The first-order valence-electron chi connectivity index (χ1n) is 10.3. The predicted octanol–water partition coefficient (Wildman–Crippen LogP) is 4.21. The van der Waals surface area contributed by atoms with Gasteiger partial charge in [-0.15, -0.1) is 0 Å². The number of aliphatic hydroxyl groups excluding tert-OH is 1. The van der Waals surface area contributed by atoms with Gasteiger partial charge in [-0.1, -0.05) is 35.5 Å². The van der Waals surface area contributed by atoms with Crippen LogP contribution in [0.25, 0.3) is 12.2 Å². The Bertz CT molecular complexity index is 993. The molecular formula is C25H30N2O4. The van der Waals surface area contributed by atoms with Crippen LogP contribution < -0.4 is 10.1 Å². The molecule has 0 radical (unpaired) electrons. The molecule has 6 nitrogen and oxygen atoms in total. The molecule has 1 heterocycles. The molecule has 31 heavy (non-hydrogen) atoms. The molecule has 1 unspecified atom stereocenters. The maximum atomic E-state index is 10.4. The van der Waals surface area contributed by atoms with Gasteiger partial charge in [0.2, 0.25) is 0 Å². The summed E-state index contributed by atoms with van der Waals surface area (Å²) in [5.74, 6) is 1.62. The van der Waals surface area contributed by atoms with Crippen LogP contribution in [0.5, 0.6) is 11.5 Å². The lowest BCUT2D eigenvalue weighted by Crippen LogP contribution is -2.46. The van der Waals surface area contributed by atoms with E-state index in [0.717, 1.165) is 23.2 Å². The molecule has 0 fully saturated rings. The number of aromatic nitrogens is 1. The third-order valence-corrected chi connectivity index (χ3v) is 4.82. The molecule has 164 valence electrons. The molecule has 0 saturated carbocycles. The molecule has 3 N–H and O–H groups in total. The minimum absolute atomic E-state index is 0.175. The third-order valence-electron chi connectivity index (χ3n) is 4.82. The minimum Gasteiger partial charge on any atom is -0.508 e. The number of para-hydroxylation sites is 1. The minimum atomic E-state index is -0.659. The van der Waals surface area contributed by atoms with Crippen LogP contribution in [0.1, 0.15) is 36.4 Å². The molecule has 1 aromatic heterocycles. The molecule has 3 rings (SSSR count). The van der Waals surface area contributed by atoms with E-state index in [0.29, 0.717) is 18.1 Å². The van der Waals surface area contributed by atoms with Crippen molar-refractivity contribution in [2.24, 2.45) is 0 Å². The molecule has 0 amide bonds. The zero-order chi connectivity index (χ0) is 22.3. The van der Waals surface area contributed by atoms with E-state index in [-0.39, 0.29) is 17.9 Å². The largest absolute Gasteiger partial charge is 0.508 e. The first-order valence-corrected chi connectivity index (χ1v) is 10.3. The summed E-state index contributed by atoms with van der Waals surface area (Å²) >= 11 is 0. The summed E-state index contributed by atoms with van der Waals surface area (Å²) in [6, 6.07) is 16.7. The van der Waals surface area contributed by atoms with Crippen LogP contribution in [0.2, 0.25) is 0 Å². The summed E-state index contributed by atoms with van der Waals surface area (Å²) in [4.78, 5) is 0. The van der Waals surface area contributed by atoms with Crippen molar-refractivity contribution < 1.29 is 19.5 Å². The topological polar surface area (TPSA) is 87.8 Å². The van der Waals surface area contributed by atoms with Crippen molar-refractivity contribution in [2.75, 3.05) is 13.2 Å². The van der Waals surface area contributed by atoms with Crippen LogP contribution in [0.4, 0.5) is 0 Å². The van der Waals surface area contributed by atoms with Gasteiger partial charge in [-0.3, -0.25) is 0 Å². The summed E-state index contributed by atoms with van der Waals surface area (Å²) in [7, 11) is 0. The Labute approximate surface area is 183 Å². The number of aryl methyl sites for hydroxylation is 1. The van der Waals surface area contributed by atoms with E-state index in [2.05, 4.69) is 24.3 Å². The number of ether oxygens (including phenoxy) is 1. The summed E-state index contributed by atoms with van der Waals surface area (Å²) < 4.78 is 11.1. The molecular weight excluding hydrogens is 392 g/mol. The van der Waals surface area contributed by atoms with Crippen LogP contribution in [0.3, 0.4) is 0 Å². The van der Waals surface area contributed by atoms with Gasteiger partial charge in [0.15, 0.2) is 5.76 Å². The molecule has 0 aliphatic heterocycles. The van der Waals surface area contributed by atoms with E-state index in [1.54, 1.807) is 12.1 Å². The summed E-state index contributed by atoms with van der Waals surface area (Å²) in [6.45, 7) is 6.62. The average Bonchev–Trinajstić information content (AvgIpc) is 3.16. The van der Waals surface area contributed by atoms with Crippen molar-refractivity contribution in [1.29, 1.82) is 0 Å². The lowest BCUT2D eigenvalue weighted by molar-refractivity contribution is 0.0987. The number of nitrogens with zero attached hydrogens (tertiary/aromatic N) is 1. The standard InChI is InChI=1S/C25H30N2O4/c1-18-14-23(31-27-18)13-10-20-6-4-5-7-24(20)30-17-22(29)16-26-25(2,3)15-19-8-11-21(28)12-9-19/h4-14,22,26,28-29H,15-17H2,1-3H3/b13-10-. The van der Waals surface area contributed by atoms with E-state index in [4.69, 9.17) is 9.26 Å². The van der Waals surface area contributed by atoms with Gasteiger partial charge in [0.25, 0.3) is 0 Å². The van der Waals surface area contributed by atoms with Crippen molar-refractivity contribution in [3.05, 3.63) is 77.2 Å². The van der Waals surface area contributed by atoms with Crippen molar-refractivity contribution in [3.8, 4) is 11.5 Å². The van der Waals surface area contributed by atoms with Crippen molar-refractivity contribution >= 4 is 12.2 Å². The van der Waals surface area contributed by atoms with Gasteiger partial charge in [-0.2, -0.15) is 0 Å². The Balaban J connectivity index is 1.50. The van der Waals surface area contributed by atoms with Crippen LogP contribution in [-0.4, -0.2) is 40.2 Å². The Kier molecular flexibility index (Phi) is 7.50. The van der Waals surface area contributed by atoms with E-state index in [1.165, 1.54) is 0 Å². The van der Waals surface area contributed by atoms with Crippen LogP contribution in [-0.2, 0) is 6.42 Å². The van der Waals surface area contributed by atoms with Gasteiger partial charge in [0, 0.05) is 23.7 Å². The third kappa shape index (κ3) is 7.27. The number of benzene rings is 2. The summed E-state index contributed by atoms with van der Waals surface area (Å²) in [5, 5.41) is 27.1. The predicted molar refractivity (Wildman–Crippen MR) is 122 cm³/mol. The highest BCUT2D eigenvalue weighted by Crippen LogP contribution is 2.21. The number of phenols is 1. The number of aliphatic hydroxyl groups is 1. The fraction of sp³-hybridized carbons (Fsp3) is 0.320. The number of nitrogens with one attached hydrogen (secondary N) is 1. The van der Waals surface area contributed by atoms with Gasteiger partial charge in [-0.05, 0) is 63.1 Å². The van der Waals surface area contributed by atoms with Gasteiger partial charge in [-0.25, -0.2) is 0 Å². The first kappa shape index (κ1) is 22.6. The smallest absolute Gasteiger partial charge is 0.159 e. The average molecular weight is 423 g/mol. The lowest BCUT2D eigenvalue weighted by Gasteiger charge is -2.28. The Hall–Kier alpha value is -3.09. The van der Waals surface area contributed by atoms with Gasteiger partial charge in [0.1, 0.15) is 24.2 Å². The molecule has 0 bridgehead atoms. The Morgan fingerprint density at radius 1 is 1.13 bits per heavy atom. The highest BCUT2D eigenvalue weighted by Gasteiger charge is 2.19. The lowest BCUT2D eigenvalue weighted by atomic mass is 9.94. The van der Waals surface area contributed by atoms with Crippen LogP contribution >= 0.6 is 0 Å². The van der Waals surface area contributed by atoms with Crippen LogP contribution in [0.15, 0.2) is 59.1 Å². The number of hydrogen-bond donors (Lipinski definition) is 3.